The van der Waals surface area contributed by atoms with E-state index in [-0.39, 0.29) is 6.10 Å². The summed E-state index contributed by atoms with van der Waals surface area (Å²) in [6, 6.07) is 6.17. The van der Waals surface area contributed by atoms with Crippen LogP contribution in [0.3, 0.4) is 0 Å². The fourth-order valence-corrected chi connectivity index (χ4v) is 1.63. The second kappa shape index (κ2) is 6.12. The second-order valence-electron chi connectivity index (χ2n) is 4.40. The molecule has 0 bridgehead atoms. The highest BCUT2D eigenvalue weighted by molar-refractivity contribution is 6.30. The summed E-state index contributed by atoms with van der Waals surface area (Å²) in [5, 5.41) is 4.09. The predicted molar refractivity (Wildman–Crippen MR) is 69.4 cm³/mol. The molecule has 0 radical (unpaired) electrons. The summed E-state index contributed by atoms with van der Waals surface area (Å²) in [5.41, 5.74) is 1.07. The molecule has 0 amide bonds. The highest BCUT2D eigenvalue weighted by Gasteiger charge is 2.07. The third kappa shape index (κ3) is 4.42. The zero-order valence-corrected chi connectivity index (χ0v) is 11.1. The third-order valence-corrected chi connectivity index (χ3v) is 2.51. The van der Waals surface area contributed by atoms with Gasteiger partial charge in [-0.15, -0.1) is 0 Å². The van der Waals surface area contributed by atoms with E-state index in [0.29, 0.717) is 6.04 Å². The van der Waals surface area contributed by atoms with Crippen LogP contribution in [-0.2, 0) is 0 Å². The van der Waals surface area contributed by atoms with Crippen molar-refractivity contribution in [1.82, 2.24) is 5.32 Å². The molecule has 0 saturated carbocycles. The molecule has 1 aromatic carbocycles. The average Bonchev–Trinajstić information content (AvgIpc) is 2.19. The fraction of sp³-hybridized carbons (Fsp3) is 0.538. The lowest BCUT2D eigenvalue weighted by molar-refractivity contribution is 0.212. The van der Waals surface area contributed by atoms with Crippen LogP contribution in [0.2, 0.25) is 5.02 Å². The van der Waals surface area contributed by atoms with Crippen LogP contribution >= 0.6 is 11.6 Å². The minimum atomic E-state index is 0.155. The Labute approximate surface area is 103 Å². The second-order valence-corrected chi connectivity index (χ2v) is 4.84. The third-order valence-electron chi connectivity index (χ3n) is 2.28. The maximum atomic E-state index is 5.89. The standard InChI is InChI=1S/C13H20ClNO/c1-9(2)15-8-11(4)16-13-6-5-12(14)7-10(13)3/h5-7,9,11,15H,8H2,1-4H3. The Morgan fingerprint density at radius 2 is 2.00 bits per heavy atom. The maximum Gasteiger partial charge on any atom is 0.122 e. The molecule has 0 heterocycles. The van der Waals surface area contributed by atoms with Gasteiger partial charge in [-0.3, -0.25) is 0 Å². The van der Waals surface area contributed by atoms with Crippen LogP contribution in [0.5, 0.6) is 5.75 Å². The van der Waals surface area contributed by atoms with Crippen molar-refractivity contribution in [3.05, 3.63) is 28.8 Å². The molecule has 90 valence electrons. The molecule has 3 heteroatoms. The minimum Gasteiger partial charge on any atom is -0.489 e. The topological polar surface area (TPSA) is 21.3 Å². The summed E-state index contributed by atoms with van der Waals surface area (Å²) in [4.78, 5) is 0. The molecule has 0 aliphatic heterocycles. The van der Waals surface area contributed by atoms with E-state index in [2.05, 4.69) is 26.1 Å². The van der Waals surface area contributed by atoms with Gasteiger partial charge >= 0.3 is 0 Å². The van der Waals surface area contributed by atoms with Gasteiger partial charge in [-0.1, -0.05) is 25.4 Å². The SMILES string of the molecule is Cc1cc(Cl)ccc1OC(C)CNC(C)C. The Kier molecular flexibility index (Phi) is 5.10. The van der Waals surface area contributed by atoms with Gasteiger partial charge in [-0.2, -0.15) is 0 Å². The van der Waals surface area contributed by atoms with E-state index >= 15 is 0 Å². The Hall–Kier alpha value is -0.730. The van der Waals surface area contributed by atoms with Gasteiger partial charge < -0.3 is 10.1 Å². The average molecular weight is 242 g/mol. The number of nitrogens with one attached hydrogen (secondary N) is 1. The summed E-state index contributed by atoms with van der Waals surface area (Å²) >= 11 is 5.89. The zero-order valence-electron chi connectivity index (χ0n) is 10.4. The summed E-state index contributed by atoms with van der Waals surface area (Å²) in [6.07, 6.45) is 0.155. The minimum absolute atomic E-state index is 0.155. The van der Waals surface area contributed by atoms with Gasteiger partial charge in [0.05, 0.1) is 0 Å². The molecule has 0 fully saturated rings. The fourth-order valence-electron chi connectivity index (χ4n) is 1.41. The van der Waals surface area contributed by atoms with Crippen LogP contribution in [0.25, 0.3) is 0 Å². The van der Waals surface area contributed by atoms with Gasteiger partial charge in [-0.05, 0) is 37.6 Å². The van der Waals surface area contributed by atoms with Crippen molar-refractivity contribution in [2.45, 2.75) is 39.8 Å². The van der Waals surface area contributed by atoms with E-state index in [9.17, 15) is 0 Å². The van der Waals surface area contributed by atoms with Crippen molar-refractivity contribution in [3.63, 3.8) is 0 Å². The van der Waals surface area contributed by atoms with Crippen LogP contribution in [0.15, 0.2) is 18.2 Å². The molecule has 0 aromatic heterocycles. The molecule has 1 N–H and O–H groups in total. The lowest BCUT2D eigenvalue weighted by Crippen LogP contribution is -2.33. The zero-order chi connectivity index (χ0) is 12.1. The maximum absolute atomic E-state index is 5.89. The number of aryl methyl sites for hydroxylation is 1. The van der Waals surface area contributed by atoms with E-state index in [0.717, 1.165) is 22.9 Å². The Balaban J connectivity index is 2.52. The van der Waals surface area contributed by atoms with Crippen molar-refractivity contribution < 1.29 is 4.74 Å². The van der Waals surface area contributed by atoms with Gasteiger partial charge in [0.1, 0.15) is 11.9 Å². The first-order chi connectivity index (χ1) is 7.49. The quantitative estimate of drug-likeness (QED) is 0.853. The van der Waals surface area contributed by atoms with Crippen molar-refractivity contribution in [1.29, 1.82) is 0 Å². The van der Waals surface area contributed by atoms with Crippen molar-refractivity contribution in [3.8, 4) is 5.75 Å². The molecule has 0 spiro atoms. The van der Waals surface area contributed by atoms with Crippen LogP contribution in [-0.4, -0.2) is 18.7 Å². The molecule has 1 atom stereocenters. The molecule has 1 rings (SSSR count). The molecule has 1 unspecified atom stereocenters. The highest BCUT2D eigenvalue weighted by Crippen LogP contribution is 2.22. The van der Waals surface area contributed by atoms with Gasteiger partial charge in [0.2, 0.25) is 0 Å². The van der Waals surface area contributed by atoms with Gasteiger partial charge in [-0.25, -0.2) is 0 Å². The summed E-state index contributed by atoms with van der Waals surface area (Å²) in [7, 11) is 0. The monoisotopic (exact) mass is 241 g/mol. The van der Waals surface area contributed by atoms with Crippen molar-refractivity contribution in [2.75, 3.05) is 6.54 Å². The van der Waals surface area contributed by atoms with Crippen molar-refractivity contribution in [2.24, 2.45) is 0 Å². The molecule has 0 aliphatic carbocycles. The van der Waals surface area contributed by atoms with Gasteiger partial charge in [0.25, 0.3) is 0 Å². The van der Waals surface area contributed by atoms with E-state index in [1.807, 2.05) is 25.1 Å². The molecule has 1 aromatic rings. The van der Waals surface area contributed by atoms with E-state index in [4.69, 9.17) is 16.3 Å². The Bertz CT molecular complexity index is 339. The van der Waals surface area contributed by atoms with E-state index < -0.39 is 0 Å². The number of hydrogen-bond acceptors (Lipinski definition) is 2. The number of halogens is 1. The van der Waals surface area contributed by atoms with Crippen LogP contribution in [0, 0.1) is 6.92 Å². The lowest BCUT2D eigenvalue weighted by Gasteiger charge is -2.18. The molecule has 16 heavy (non-hydrogen) atoms. The van der Waals surface area contributed by atoms with Crippen LogP contribution < -0.4 is 10.1 Å². The number of ether oxygens (including phenoxy) is 1. The van der Waals surface area contributed by atoms with Crippen molar-refractivity contribution >= 4 is 11.6 Å². The molecule has 0 aliphatic rings. The lowest BCUT2D eigenvalue weighted by atomic mass is 10.2. The van der Waals surface area contributed by atoms with Crippen LogP contribution in [0.4, 0.5) is 0 Å². The summed E-state index contributed by atoms with van der Waals surface area (Å²) in [6.45, 7) is 9.16. The Morgan fingerprint density at radius 1 is 1.31 bits per heavy atom. The largest absolute Gasteiger partial charge is 0.489 e. The number of hydrogen-bond donors (Lipinski definition) is 1. The number of benzene rings is 1. The molecule has 2 nitrogen and oxygen atoms in total. The first-order valence-corrected chi connectivity index (χ1v) is 6.03. The molecular weight excluding hydrogens is 222 g/mol. The summed E-state index contributed by atoms with van der Waals surface area (Å²) in [5.74, 6) is 0.905. The predicted octanol–water partition coefficient (Wildman–Crippen LogP) is 3.41. The normalized spacial score (nSPS) is 12.9. The van der Waals surface area contributed by atoms with Gasteiger partial charge in [0.15, 0.2) is 0 Å². The van der Waals surface area contributed by atoms with E-state index in [1.54, 1.807) is 0 Å². The Morgan fingerprint density at radius 3 is 2.56 bits per heavy atom. The van der Waals surface area contributed by atoms with Crippen LogP contribution in [0.1, 0.15) is 26.3 Å². The first kappa shape index (κ1) is 13.3. The number of rotatable bonds is 5. The highest BCUT2D eigenvalue weighted by atomic mass is 35.5. The molecule has 0 saturated heterocycles. The van der Waals surface area contributed by atoms with E-state index in [1.165, 1.54) is 0 Å². The smallest absolute Gasteiger partial charge is 0.122 e. The first-order valence-electron chi connectivity index (χ1n) is 5.65. The van der Waals surface area contributed by atoms with Gasteiger partial charge in [0, 0.05) is 17.6 Å². The summed E-state index contributed by atoms with van der Waals surface area (Å²) < 4.78 is 5.83. The molecular formula is C13H20ClNO.